The van der Waals surface area contributed by atoms with Crippen LogP contribution in [0.1, 0.15) is 63.2 Å². The smallest absolute Gasteiger partial charge is 0.355 e. The predicted molar refractivity (Wildman–Crippen MR) is 108 cm³/mol. The van der Waals surface area contributed by atoms with Crippen LogP contribution >= 0.6 is 0 Å². The van der Waals surface area contributed by atoms with E-state index in [9.17, 15) is 14.4 Å². The van der Waals surface area contributed by atoms with Gasteiger partial charge >= 0.3 is 5.97 Å². The highest BCUT2D eigenvalue weighted by atomic mass is 16.5. The van der Waals surface area contributed by atoms with Crippen LogP contribution in [0.4, 0.5) is 0 Å². The molecule has 0 aliphatic rings. The van der Waals surface area contributed by atoms with Crippen molar-refractivity contribution in [2.45, 2.75) is 47.2 Å². The summed E-state index contributed by atoms with van der Waals surface area (Å²) in [7, 11) is 1.62. The van der Waals surface area contributed by atoms with E-state index in [0.717, 1.165) is 0 Å². The van der Waals surface area contributed by atoms with Crippen LogP contribution in [0.3, 0.4) is 0 Å². The van der Waals surface area contributed by atoms with Crippen molar-refractivity contribution in [2.75, 3.05) is 13.7 Å². The van der Waals surface area contributed by atoms with Gasteiger partial charge in [-0.25, -0.2) is 4.79 Å². The van der Waals surface area contributed by atoms with Crippen molar-refractivity contribution >= 4 is 17.7 Å². The van der Waals surface area contributed by atoms with Crippen LogP contribution in [0.5, 0.6) is 0 Å². The molecular formula is C22H28N2O4. The van der Waals surface area contributed by atoms with E-state index in [4.69, 9.17) is 4.74 Å². The van der Waals surface area contributed by atoms with E-state index in [0.29, 0.717) is 34.6 Å². The molecule has 1 unspecified atom stereocenters. The van der Waals surface area contributed by atoms with Crippen molar-refractivity contribution in [3.63, 3.8) is 0 Å². The zero-order chi connectivity index (χ0) is 21.0. The minimum Gasteiger partial charge on any atom is -0.461 e. The number of amides is 1. The minimum absolute atomic E-state index is 0.195. The first-order valence-corrected chi connectivity index (χ1v) is 9.49. The molecule has 1 amide bonds. The number of ketones is 1. The number of nitrogens with zero attached hydrogens (tertiary/aromatic N) is 2. The molecule has 1 aromatic heterocycles. The fraction of sp³-hybridized carbons (Fsp3) is 0.409. The molecule has 2 rings (SSSR count). The van der Waals surface area contributed by atoms with E-state index >= 15 is 0 Å². The molecule has 150 valence electrons. The van der Waals surface area contributed by atoms with Crippen LogP contribution in [-0.4, -0.2) is 46.8 Å². The maximum absolute atomic E-state index is 13.3. The SMILES string of the molecule is CCOC(=O)c1c(C)c(C(=O)C(C)N(C)C(=O)c2ccccc2)c(C)n1CC. The molecule has 0 saturated carbocycles. The lowest BCUT2D eigenvalue weighted by molar-refractivity contribution is 0.0512. The minimum atomic E-state index is -0.673. The van der Waals surface area contributed by atoms with Gasteiger partial charge in [-0.05, 0) is 52.3 Å². The Morgan fingerprint density at radius 3 is 2.25 bits per heavy atom. The van der Waals surface area contributed by atoms with Gasteiger partial charge in [-0.2, -0.15) is 0 Å². The van der Waals surface area contributed by atoms with Crippen LogP contribution in [0.2, 0.25) is 0 Å². The van der Waals surface area contributed by atoms with Crippen molar-refractivity contribution in [1.29, 1.82) is 0 Å². The number of benzene rings is 1. The number of ether oxygens (including phenoxy) is 1. The quantitative estimate of drug-likeness (QED) is 0.540. The van der Waals surface area contributed by atoms with Crippen LogP contribution in [0, 0.1) is 13.8 Å². The Hall–Kier alpha value is -2.89. The highest BCUT2D eigenvalue weighted by Gasteiger charge is 2.31. The molecule has 1 atom stereocenters. The molecule has 1 heterocycles. The van der Waals surface area contributed by atoms with Crippen molar-refractivity contribution in [2.24, 2.45) is 0 Å². The molecule has 0 aliphatic carbocycles. The summed E-state index contributed by atoms with van der Waals surface area (Å²) >= 11 is 0. The summed E-state index contributed by atoms with van der Waals surface area (Å²) in [6.07, 6.45) is 0. The molecule has 0 fully saturated rings. The molecule has 0 radical (unpaired) electrons. The Balaban J connectivity index is 2.40. The van der Waals surface area contributed by atoms with E-state index in [1.54, 1.807) is 56.7 Å². The van der Waals surface area contributed by atoms with E-state index in [1.165, 1.54) is 4.90 Å². The number of Topliss-reactive ketones (excluding diaryl/α,β-unsaturated/α-hetero) is 1. The summed E-state index contributed by atoms with van der Waals surface area (Å²) in [4.78, 5) is 39.8. The first-order chi connectivity index (χ1) is 13.3. The summed E-state index contributed by atoms with van der Waals surface area (Å²) in [6.45, 7) is 9.74. The average molecular weight is 384 g/mol. The summed E-state index contributed by atoms with van der Waals surface area (Å²) in [5, 5.41) is 0. The van der Waals surface area contributed by atoms with Gasteiger partial charge in [0, 0.05) is 30.4 Å². The van der Waals surface area contributed by atoms with Gasteiger partial charge in [-0.15, -0.1) is 0 Å². The zero-order valence-corrected chi connectivity index (χ0v) is 17.4. The van der Waals surface area contributed by atoms with Gasteiger partial charge < -0.3 is 14.2 Å². The van der Waals surface area contributed by atoms with Gasteiger partial charge in [0.05, 0.1) is 12.6 Å². The molecule has 0 bridgehead atoms. The highest BCUT2D eigenvalue weighted by Crippen LogP contribution is 2.26. The fourth-order valence-electron chi connectivity index (χ4n) is 3.46. The number of likely N-dealkylation sites (N-methyl/N-ethyl adjacent to an activating group) is 1. The van der Waals surface area contributed by atoms with Gasteiger partial charge in [0.15, 0.2) is 5.78 Å². The fourth-order valence-corrected chi connectivity index (χ4v) is 3.46. The third-order valence-electron chi connectivity index (χ3n) is 5.10. The molecule has 1 aromatic carbocycles. The number of carbonyl (C=O) groups is 3. The Labute approximate surface area is 166 Å². The number of aromatic nitrogens is 1. The van der Waals surface area contributed by atoms with Gasteiger partial charge in [0.2, 0.25) is 0 Å². The molecule has 0 N–H and O–H groups in total. The first-order valence-electron chi connectivity index (χ1n) is 9.49. The topological polar surface area (TPSA) is 68.6 Å². The second-order valence-corrected chi connectivity index (χ2v) is 6.72. The Bertz CT molecular complexity index is 884. The molecule has 0 saturated heterocycles. The molecule has 0 spiro atoms. The van der Waals surface area contributed by atoms with Gasteiger partial charge in [-0.3, -0.25) is 9.59 Å². The monoisotopic (exact) mass is 384 g/mol. The molecule has 28 heavy (non-hydrogen) atoms. The predicted octanol–water partition coefficient (Wildman–Crippen LogP) is 3.64. The standard InChI is InChI=1S/C22H28N2O4/c1-7-24-15(4)18(14(3)19(24)22(27)28-8-2)20(25)16(5)23(6)21(26)17-12-10-9-11-13-17/h9-13,16H,7-8H2,1-6H3. The number of esters is 1. The summed E-state index contributed by atoms with van der Waals surface area (Å²) in [5.74, 6) is -0.859. The Morgan fingerprint density at radius 2 is 1.71 bits per heavy atom. The number of rotatable bonds is 7. The first kappa shape index (κ1) is 21.4. The highest BCUT2D eigenvalue weighted by molar-refractivity contribution is 6.07. The maximum Gasteiger partial charge on any atom is 0.355 e. The lowest BCUT2D eigenvalue weighted by atomic mass is 9.99. The van der Waals surface area contributed by atoms with E-state index in [-0.39, 0.29) is 18.3 Å². The number of hydrogen-bond acceptors (Lipinski definition) is 4. The Morgan fingerprint density at radius 1 is 1.11 bits per heavy atom. The normalized spacial score (nSPS) is 11.8. The van der Waals surface area contributed by atoms with Crippen LogP contribution in [0.15, 0.2) is 30.3 Å². The van der Waals surface area contributed by atoms with E-state index in [2.05, 4.69) is 0 Å². The van der Waals surface area contributed by atoms with Crippen molar-refractivity contribution in [3.8, 4) is 0 Å². The van der Waals surface area contributed by atoms with Crippen molar-refractivity contribution in [3.05, 3.63) is 58.4 Å². The van der Waals surface area contributed by atoms with Crippen LogP contribution in [0.25, 0.3) is 0 Å². The third kappa shape index (κ3) is 3.86. The molecular weight excluding hydrogens is 356 g/mol. The molecule has 2 aromatic rings. The molecule has 6 heteroatoms. The average Bonchev–Trinajstić information content (AvgIpc) is 2.96. The zero-order valence-electron chi connectivity index (χ0n) is 17.4. The van der Waals surface area contributed by atoms with Gasteiger partial charge in [0.25, 0.3) is 5.91 Å². The number of hydrogen-bond donors (Lipinski definition) is 0. The largest absolute Gasteiger partial charge is 0.461 e. The summed E-state index contributed by atoms with van der Waals surface area (Å²) in [5.41, 5.74) is 2.70. The van der Waals surface area contributed by atoms with Crippen LogP contribution < -0.4 is 0 Å². The maximum atomic E-state index is 13.3. The number of carbonyl (C=O) groups excluding carboxylic acids is 3. The molecule has 0 aliphatic heterocycles. The van der Waals surface area contributed by atoms with E-state index in [1.807, 2.05) is 19.9 Å². The van der Waals surface area contributed by atoms with Crippen LogP contribution in [-0.2, 0) is 11.3 Å². The molecule has 6 nitrogen and oxygen atoms in total. The lowest BCUT2D eigenvalue weighted by Gasteiger charge is -2.24. The van der Waals surface area contributed by atoms with Crippen molar-refractivity contribution < 1.29 is 19.1 Å². The lowest BCUT2D eigenvalue weighted by Crippen LogP contribution is -2.40. The van der Waals surface area contributed by atoms with E-state index < -0.39 is 12.0 Å². The second-order valence-electron chi connectivity index (χ2n) is 6.72. The third-order valence-corrected chi connectivity index (χ3v) is 5.10. The second kappa shape index (κ2) is 8.87. The summed E-state index contributed by atoms with van der Waals surface area (Å²) in [6, 6.07) is 8.18. The summed E-state index contributed by atoms with van der Waals surface area (Å²) < 4.78 is 6.97. The Kier molecular flexibility index (Phi) is 6.78. The van der Waals surface area contributed by atoms with Gasteiger partial charge in [0.1, 0.15) is 5.69 Å². The van der Waals surface area contributed by atoms with Gasteiger partial charge in [-0.1, -0.05) is 18.2 Å². The van der Waals surface area contributed by atoms with Crippen molar-refractivity contribution in [1.82, 2.24) is 9.47 Å².